The van der Waals surface area contributed by atoms with Gasteiger partial charge < -0.3 is 10.6 Å². The normalized spacial score (nSPS) is 15.9. The second-order valence-electron chi connectivity index (χ2n) is 4.79. The molecule has 0 aliphatic heterocycles. The number of halogens is 2. The number of nitrogens with one attached hydrogen (secondary N) is 2. The summed E-state index contributed by atoms with van der Waals surface area (Å²) < 4.78 is 0. The second-order valence-corrected chi connectivity index (χ2v) is 5.61. The van der Waals surface area contributed by atoms with Gasteiger partial charge in [0, 0.05) is 0 Å². The molecule has 0 atom stereocenters. The third kappa shape index (κ3) is 2.80. The fourth-order valence-electron chi connectivity index (χ4n) is 2.05. The number of hydrogen-bond donors (Lipinski definition) is 2. The van der Waals surface area contributed by atoms with E-state index in [0.717, 1.165) is 34.3 Å². The van der Waals surface area contributed by atoms with E-state index in [4.69, 9.17) is 23.2 Å². The smallest absolute Gasteiger partial charge is 0.108 e. The minimum atomic E-state index is -0.129. The third-order valence-electron chi connectivity index (χ3n) is 3.25. The molecule has 0 amide bonds. The van der Waals surface area contributed by atoms with Gasteiger partial charge in [0.05, 0.1) is 21.4 Å². The summed E-state index contributed by atoms with van der Waals surface area (Å²) in [5, 5.41) is 8.41. The molecule has 2 nitrogen and oxygen atoms in total. The summed E-state index contributed by atoms with van der Waals surface area (Å²) in [6.45, 7) is 0. The van der Waals surface area contributed by atoms with Crippen molar-refractivity contribution in [3.8, 4) is 0 Å². The van der Waals surface area contributed by atoms with Gasteiger partial charge in [0.2, 0.25) is 0 Å². The number of anilines is 2. The first-order chi connectivity index (χ1) is 9.19. The van der Waals surface area contributed by atoms with Gasteiger partial charge in [-0.1, -0.05) is 47.5 Å². The zero-order valence-corrected chi connectivity index (χ0v) is 11.8. The lowest BCUT2D eigenvalue weighted by atomic mass is 10.2. The fourth-order valence-corrected chi connectivity index (χ4v) is 2.41. The number of rotatable bonds is 4. The maximum atomic E-state index is 6.18. The number of benzene rings is 2. The van der Waals surface area contributed by atoms with Crippen molar-refractivity contribution in [3.05, 3.63) is 58.6 Å². The summed E-state index contributed by atoms with van der Waals surface area (Å²) in [6, 6.07) is 15.5. The maximum absolute atomic E-state index is 6.18. The van der Waals surface area contributed by atoms with E-state index in [0.29, 0.717) is 0 Å². The van der Waals surface area contributed by atoms with Gasteiger partial charge in [-0.25, -0.2) is 0 Å². The monoisotopic (exact) mass is 292 g/mol. The Morgan fingerprint density at radius 1 is 0.737 bits per heavy atom. The molecule has 1 saturated carbocycles. The largest absolute Gasteiger partial charge is 0.362 e. The molecule has 0 spiro atoms. The van der Waals surface area contributed by atoms with Crippen LogP contribution in [0.25, 0.3) is 0 Å². The number of hydrogen-bond acceptors (Lipinski definition) is 2. The van der Waals surface area contributed by atoms with E-state index in [9.17, 15) is 0 Å². The molecule has 0 heterocycles. The highest BCUT2D eigenvalue weighted by atomic mass is 35.5. The Kier molecular flexibility index (Phi) is 3.29. The van der Waals surface area contributed by atoms with E-state index in [-0.39, 0.29) is 5.66 Å². The Labute approximate surface area is 122 Å². The first-order valence-corrected chi connectivity index (χ1v) is 7.00. The molecule has 1 aliphatic rings. The maximum Gasteiger partial charge on any atom is 0.108 e. The average molecular weight is 293 g/mol. The molecule has 1 aliphatic carbocycles. The molecular weight excluding hydrogens is 279 g/mol. The Morgan fingerprint density at radius 3 is 1.53 bits per heavy atom. The highest BCUT2D eigenvalue weighted by Gasteiger charge is 2.43. The van der Waals surface area contributed by atoms with Crippen molar-refractivity contribution in [1.82, 2.24) is 0 Å². The van der Waals surface area contributed by atoms with Gasteiger partial charge >= 0.3 is 0 Å². The van der Waals surface area contributed by atoms with E-state index in [1.165, 1.54) is 0 Å². The Bertz CT molecular complexity index is 545. The van der Waals surface area contributed by atoms with Crippen LogP contribution in [-0.2, 0) is 0 Å². The lowest BCUT2D eigenvalue weighted by Gasteiger charge is -2.23. The average Bonchev–Trinajstić information content (AvgIpc) is 3.15. The molecule has 0 bridgehead atoms. The van der Waals surface area contributed by atoms with Crippen molar-refractivity contribution < 1.29 is 0 Å². The first-order valence-electron chi connectivity index (χ1n) is 6.24. The summed E-state index contributed by atoms with van der Waals surface area (Å²) >= 11 is 12.4. The van der Waals surface area contributed by atoms with Crippen LogP contribution in [-0.4, -0.2) is 5.66 Å². The molecule has 0 unspecified atom stereocenters. The van der Waals surface area contributed by atoms with Gasteiger partial charge in [0.15, 0.2) is 0 Å². The van der Waals surface area contributed by atoms with Crippen LogP contribution in [0.5, 0.6) is 0 Å². The van der Waals surface area contributed by atoms with E-state index >= 15 is 0 Å². The second kappa shape index (κ2) is 4.95. The minimum absolute atomic E-state index is 0.129. The zero-order valence-electron chi connectivity index (χ0n) is 10.3. The fraction of sp³-hybridized carbons (Fsp3) is 0.200. The summed E-state index contributed by atoms with van der Waals surface area (Å²) in [4.78, 5) is 0. The number of para-hydroxylation sites is 2. The van der Waals surface area contributed by atoms with Crippen molar-refractivity contribution in [2.45, 2.75) is 18.5 Å². The molecule has 0 aromatic heterocycles. The molecular formula is C15H14Cl2N2. The lowest BCUT2D eigenvalue weighted by molar-refractivity contribution is 0.849. The molecule has 0 radical (unpaired) electrons. The van der Waals surface area contributed by atoms with Gasteiger partial charge in [0.1, 0.15) is 5.66 Å². The molecule has 2 aromatic rings. The molecule has 2 N–H and O–H groups in total. The summed E-state index contributed by atoms with van der Waals surface area (Å²) in [5.41, 5.74) is 1.76. The Morgan fingerprint density at radius 2 is 1.16 bits per heavy atom. The standard InChI is InChI=1S/C15H14Cl2N2/c16-11-5-1-3-7-13(11)18-15(9-10-15)19-14-8-4-2-6-12(14)17/h1-8,18-19H,9-10H2. The lowest BCUT2D eigenvalue weighted by Crippen LogP contribution is -2.31. The van der Waals surface area contributed by atoms with Gasteiger partial charge in [-0.15, -0.1) is 0 Å². The van der Waals surface area contributed by atoms with Crippen LogP contribution in [0.2, 0.25) is 10.0 Å². The first kappa shape index (κ1) is 12.6. The Hall–Kier alpha value is -1.38. The highest BCUT2D eigenvalue weighted by molar-refractivity contribution is 6.33. The van der Waals surface area contributed by atoms with Crippen molar-refractivity contribution in [2.24, 2.45) is 0 Å². The van der Waals surface area contributed by atoms with E-state index < -0.39 is 0 Å². The van der Waals surface area contributed by atoms with E-state index in [2.05, 4.69) is 10.6 Å². The van der Waals surface area contributed by atoms with Crippen LogP contribution < -0.4 is 10.6 Å². The quantitative estimate of drug-likeness (QED) is 0.774. The van der Waals surface area contributed by atoms with Crippen LogP contribution in [0.4, 0.5) is 11.4 Å². The molecule has 0 saturated heterocycles. The summed E-state index contributed by atoms with van der Waals surface area (Å²) in [5.74, 6) is 0. The summed E-state index contributed by atoms with van der Waals surface area (Å²) in [7, 11) is 0. The van der Waals surface area contributed by atoms with Crippen molar-refractivity contribution >= 4 is 34.6 Å². The molecule has 4 heteroatoms. The van der Waals surface area contributed by atoms with Crippen LogP contribution >= 0.6 is 23.2 Å². The van der Waals surface area contributed by atoms with E-state index in [1.54, 1.807) is 0 Å². The zero-order chi connectivity index (χ0) is 13.3. The van der Waals surface area contributed by atoms with Gasteiger partial charge in [-0.2, -0.15) is 0 Å². The van der Waals surface area contributed by atoms with Crippen molar-refractivity contribution in [1.29, 1.82) is 0 Å². The predicted molar refractivity (Wildman–Crippen MR) is 82.1 cm³/mol. The van der Waals surface area contributed by atoms with Crippen molar-refractivity contribution in [2.75, 3.05) is 10.6 Å². The summed E-state index contributed by atoms with van der Waals surface area (Å²) in [6.07, 6.45) is 2.09. The SMILES string of the molecule is Clc1ccccc1NC1(Nc2ccccc2Cl)CC1. The molecule has 1 fully saturated rings. The van der Waals surface area contributed by atoms with Crippen LogP contribution in [0.15, 0.2) is 48.5 Å². The minimum Gasteiger partial charge on any atom is -0.362 e. The van der Waals surface area contributed by atoms with Gasteiger partial charge in [0.25, 0.3) is 0 Å². The van der Waals surface area contributed by atoms with Crippen LogP contribution in [0.1, 0.15) is 12.8 Å². The van der Waals surface area contributed by atoms with Gasteiger partial charge in [-0.3, -0.25) is 0 Å². The van der Waals surface area contributed by atoms with E-state index in [1.807, 2.05) is 48.5 Å². The molecule has 2 aromatic carbocycles. The van der Waals surface area contributed by atoms with Crippen molar-refractivity contribution in [3.63, 3.8) is 0 Å². The Balaban J connectivity index is 1.78. The molecule has 19 heavy (non-hydrogen) atoms. The topological polar surface area (TPSA) is 24.1 Å². The molecule has 98 valence electrons. The van der Waals surface area contributed by atoms with Crippen LogP contribution in [0.3, 0.4) is 0 Å². The molecule has 3 rings (SSSR count). The predicted octanol–water partition coefficient (Wildman–Crippen LogP) is 5.01. The highest BCUT2D eigenvalue weighted by Crippen LogP contribution is 2.42. The third-order valence-corrected chi connectivity index (χ3v) is 3.90. The van der Waals surface area contributed by atoms with Gasteiger partial charge in [-0.05, 0) is 37.1 Å². The van der Waals surface area contributed by atoms with Crippen LogP contribution in [0, 0.1) is 0 Å².